The summed E-state index contributed by atoms with van der Waals surface area (Å²) >= 11 is 0. The van der Waals surface area contributed by atoms with Gasteiger partial charge in [0, 0.05) is 24.4 Å². The Balaban J connectivity index is 1.90. The molecule has 0 fully saturated rings. The summed E-state index contributed by atoms with van der Waals surface area (Å²) in [7, 11) is 0. The van der Waals surface area contributed by atoms with Crippen LogP contribution in [0.2, 0.25) is 0 Å². The third kappa shape index (κ3) is 13.1. The fourth-order valence-corrected chi connectivity index (χ4v) is 2.45. The summed E-state index contributed by atoms with van der Waals surface area (Å²) in [6.07, 6.45) is 23.3. The van der Waals surface area contributed by atoms with Crippen LogP contribution in [0.5, 0.6) is 0 Å². The van der Waals surface area contributed by atoms with Crippen molar-refractivity contribution in [1.29, 1.82) is 0 Å². The molecule has 0 N–H and O–H groups in total. The second kappa shape index (κ2) is 15.6. The van der Waals surface area contributed by atoms with Gasteiger partial charge in [-0.3, -0.25) is 9.78 Å². The van der Waals surface area contributed by atoms with E-state index in [4.69, 9.17) is 4.74 Å². The number of esters is 1. The summed E-state index contributed by atoms with van der Waals surface area (Å²) in [5.74, 6) is -0.118. The number of allylic oxidation sites excluding steroid dienone is 4. The Morgan fingerprint density at radius 1 is 1.04 bits per heavy atom. The molecular weight excluding hydrogens is 310 g/mol. The quantitative estimate of drug-likeness (QED) is 0.231. The predicted molar refractivity (Wildman–Crippen MR) is 104 cm³/mol. The number of nitrogens with zero attached hydrogens (tertiary/aromatic N) is 1. The second-order valence-electron chi connectivity index (χ2n) is 6.30. The first-order chi connectivity index (χ1) is 12.3. The summed E-state index contributed by atoms with van der Waals surface area (Å²) in [6, 6.07) is 3.76. The van der Waals surface area contributed by atoms with Crippen LogP contribution in [0.25, 0.3) is 0 Å². The molecule has 0 bridgehead atoms. The Labute approximate surface area is 153 Å². The van der Waals surface area contributed by atoms with E-state index in [0.717, 1.165) is 37.7 Å². The molecule has 1 rings (SSSR count). The summed E-state index contributed by atoms with van der Waals surface area (Å²) in [5.41, 5.74) is 0.931. The topological polar surface area (TPSA) is 39.2 Å². The van der Waals surface area contributed by atoms with Crippen LogP contribution in [0.15, 0.2) is 48.8 Å². The van der Waals surface area contributed by atoms with Gasteiger partial charge in [0.05, 0.1) is 0 Å². The average Bonchev–Trinajstić information content (AvgIpc) is 2.64. The van der Waals surface area contributed by atoms with Gasteiger partial charge in [0.25, 0.3) is 0 Å². The van der Waals surface area contributed by atoms with Gasteiger partial charge in [-0.1, -0.05) is 56.6 Å². The Hall–Kier alpha value is -1.90. The molecular formula is C22H33NO2. The van der Waals surface area contributed by atoms with Crippen molar-refractivity contribution < 1.29 is 9.53 Å². The summed E-state index contributed by atoms with van der Waals surface area (Å²) in [4.78, 5) is 15.7. The van der Waals surface area contributed by atoms with Gasteiger partial charge in [0.15, 0.2) is 0 Å². The van der Waals surface area contributed by atoms with Gasteiger partial charge in [0.1, 0.15) is 6.61 Å². The van der Waals surface area contributed by atoms with Crippen molar-refractivity contribution in [3.8, 4) is 0 Å². The number of aromatic nitrogens is 1. The van der Waals surface area contributed by atoms with Crippen LogP contribution in [-0.4, -0.2) is 11.0 Å². The lowest BCUT2D eigenvalue weighted by Gasteiger charge is -2.04. The van der Waals surface area contributed by atoms with Crippen molar-refractivity contribution in [1.82, 2.24) is 4.98 Å². The number of carbonyl (C=O) groups is 1. The fourth-order valence-electron chi connectivity index (χ4n) is 2.45. The lowest BCUT2D eigenvalue weighted by molar-refractivity contribution is -0.145. The molecule has 0 amide bonds. The summed E-state index contributed by atoms with van der Waals surface area (Å²) in [5, 5.41) is 0. The first kappa shape index (κ1) is 21.1. The third-order valence-electron chi connectivity index (χ3n) is 3.95. The fraction of sp³-hybridized carbons (Fsp3) is 0.545. The van der Waals surface area contributed by atoms with Gasteiger partial charge in [-0.15, -0.1) is 0 Å². The average molecular weight is 344 g/mol. The van der Waals surface area contributed by atoms with E-state index in [1.54, 1.807) is 12.4 Å². The SMILES string of the molecule is CCCCC/C=C\C/C=C\CCCCCC(=O)OCc1cccnc1. The van der Waals surface area contributed by atoms with E-state index < -0.39 is 0 Å². The van der Waals surface area contributed by atoms with Crippen LogP contribution in [0.1, 0.15) is 76.7 Å². The molecule has 0 radical (unpaired) electrons. The van der Waals surface area contributed by atoms with E-state index in [0.29, 0.717) is 13.0 Å². The van der Waals surface area contributed by atoms with Crippen LogP contribution < -0.4 is 0 Å². The van der Waals surface area contributed by atoms with Gasteiger partial charge in [-0.05, 0) is 44.6 Å². The van der Waals surface area contributed by atoms with E-state index in [1.807, 2.05) is 12.1 Å². The smallest absolute Gasteiger partial charge is 0.306 e. The Morgan fingerprint density at radius 3 is 2.48 bits per heavy atom. The van der Waals surface area contributed by atoms with Crippen LogP contribution in [0, 0.1) is 0 Å². The van der Waals surface area contributed by atoms with Gasteiger partial charge in [-0.2, -0.15) is 0 Å². The Bertz CT molecular complexity index is 494. The molecule has 138 valence electrons. The first-order valence-electron chi connectivity index (χ1n) is 9.67. The van der Waals surface area contributed by atoms with Crippen molar-refractivity contribution in [2.75, 3.05) is 0 Å². The third-order valence-corrected chi connectivity index (χ3v) is 3.95. The zero-order chi connectivity index (χ0) is 18.0. The van der Waals surface area contributed by atoms with Gasteiger partial charge >= 0.3 is 5.97 Å². The predicted octanol–water partition coefficient (Wildman–Crippen LogP) is 6.16. The highest BCUT2D eigenvalue weighted by Crippen LogP contribution is 2.07. The molecule has 1 heterocycles. The van der Waals surface area contributed by atoms with Gasteiger partial charge in [-0.25, -0.2) is 0 Å². The van der Waals surface area contributed by atoms with Gasteiger partial charge in [0.2, 0.25) is 0 Å². The number of hydrogen-bond acceptors (Lipinski definition) is 3. The zero-order valence-corrected chi connectivity index (χ0v) is 15.7. The number of pyridine rings is 1. The molecule has 0 aliphatic heterocycles. The molecule has 1 aromatic rings. The molecule has 0 aromatic carbocycles. The molecule has 0 aliphatic rings. The number of carbonyl (C=O) groups excluding carboxylic acids is 1. The molecule has 1 aromatic heterocycles. The maximum Gasteiger partial charge on any atom is 0.306 e. The van der Waals surface area contributed by atoms with Crippen LogP contribution in [0.4, 0.5) is 0 Å². The van der Waals surface area contributed by atoms with Crippen molar-refractivity contribution in [2.24, 2.45) is 0 Å². The molecule has 3 heteroatoms. The van der Waals surface area contributed by atoms with E-state index in [-0.39, 0.29) is 5.97 Å². The number of ether oxygens (including phenoxy) is 1. The lowest BCUT2D eigenvalue weighted by Crippen LogP contribution is -2.04. The minimum Gasteiger partial charge on any atom is -0.461 e. The standard InChI is InChI=1S/C22H33NO2/c1-2-3-4-5-6-7-8-9-10-11-12-13-14-17-22(24)25-20-21-16-15-18-23-19-21/h6-7,9-10,15-16,18-19H,2-5,8,11-14,17,20H2,1H3/b7-6-,10-9-. The largest absolute Gasteiger partial charge is 0.461 e. The first-order valence-corrected chi connectivity index (χ1v) is 9.67. The monoisotopic (exact) mass is 343 g/mol. The molecule has 3 nitrogen and oxygen atoms in total. The summed E-state index contributed by atoms with van der Waals surface area (Å²) < 4.78 is 5.23. The van der Waals surface area contributed by atoms with Crippen LogP contribution in [-0.2, 0) is 16.1 Å². The second-order valence-corrected chi connectivity index (χ2v) is 6.30. The van der Waals surface area contributed by atoms with Crippen molar-refractivity contribution in [3.63, 3.8) is 0 Å². The van der Waals surface area contributed by atoms with E-state index in [9.17, 15) is 4.79 Å². The maximum absolute atomic E-state index is 11.7. The Kier molecular flexibility index (Phi) is 13.2. The van der Waals surface area contributed by atoms with Crippen molar-refractivity contribution >= 4 is 5.97 Å². The highest BCUT2D eigenvalue weighted by molar-refractivity contribution is 5.69. The van der Waals surface area contributed by atoms with Crippen LogP contribution >= 0.6 is 0 Å². The number of unbranched alkanes of at least 4 members (excludes halogenated alkanes) is 6. The molecule has 0 aliphatic carbocycles. The maximum atomic E-state index is 11.7. The molecule has 0 saturated carbocycles. The Morgan fingerprint density at radius 2 is 1.80 bits per heavy atom. The normalized spacial score (nSPS) is 11.4. The highest BCUT2D eigenvalue weighted by Gasteiger charge is 2.02. The van der Waals surface area contributed by atoms with E-state index >= 15 is 0 Å². The lowest BCUT2D eigenvalue weighted by atomic mass is 10.1. The number of rotatable bonds is 14. The van der Waals surface area contributed by atoms with Crippen molar-refractivity contribution in [2.45, 2.75) is 77.7 Å². The molecule has 0 saturated heterocycles. The highest BCUT2D eigenvalue weighted by atomic mass is 16.5. The zero-order valence-electron chi connectivity index (χ0n) is 15.7. The minimum absolute atomic E-state index is 0.118. The van der Waals surface area contributed by atoms with Crippen molar-refractivity contribution in [3.05, 3.63) is 54.4 Å². The van der Waals surface area contributed by atoms with E-state index in [1.165, 1.54) is 25.7 Å². The number of hydrogen-bond donors (Lipinski definition) is 0. The molecule has 25 heavy (non-hydrogen) atoms. The van der Waals surface area contributed by atoms with Crippen LogP contribution in [0.3, 0.4) is 0 Å². The molecule has 0 unspecified atom stereocenters. The summed E-state index contributed by atoms with van der Waals surface area (Å²) in [6.45, 7) is 2.55. The van der Waals surface area contributed by atoms with Gasteiger partial charge < -0.3 is 4.74 Å². The molecule has 0 spiro atoms. The molecule has 0 atom stereocenters. The minimum atomic E-state index is -0.118. The van der Waals surface area contributed by atoms with E-state index in [2.05, 4.69) is 36.2 Å².